The second kappa shape index (κ2) is 3.54. The molecule has 82 valence electrons. The third-order valence-corrected chi connectivity index (χ3v) is 3.38. The molecule has 0 aliphatic heterocycles. The molecule has 0 unspecified atom stereocenters. The van der Waals surface area contributed by atoms with Gasteiger partial charge in [0.2, 0.25) is 0 Å². The minimum Gasteiger partial charge on any atom is -0.481 e. The van der Waals surface area contributed by atoms with Crippen molar-refractivity contribution in [2.24, 2.45) is 5.41 Å². The average Bonchev–Trinajstić information content (AvgIpc) is 2.78. The van der Waals surface area contributed by atoms with Crippen LogP contribution in [0.1, 0.15) is 40.0 Å². The lowest BCUT2D eigenvalue weighted by molar-refractivity contribution is -0.143. The lowest BCUT2D eigenvalue weighted by Crippen LogP contribution is -2.39. The first-order chi connectivity index (χ1) is 6.28. The van der Waals surface area contributed by atoms with Crippen LogP contribution in [0.5, 0.6) is 0 Å². The van der Waals surface area contributed by atoms with Crippen LogP contribution < -0.4 is 0 Å². The van der Waals surface area contributed by atoms with Crippen molar-refractivity contribution in [2.75, 3.05) is 13.6 Å². The van der Waals surface area contributed by atoms with Gasteiger partial charge in [-0.15, -0.1) is 0 Å². The molecule has 0 amide bonds. The standard InChI is InChI=1S/C11H21NO2/c1-10(2,3)12(4)8-7-11(5-6-11)9(13)14/h5-8H2,1-4H3,(H,13,14). The maximum atomic E-state index is 10.9. The molecule has 1 rings (SSSR count). The zero-order valence-corrected chi connectivity index (χ0v) is 9.63. The number of aliphatic carboxylic acids is 1. The number of carboxylic acid groups (broad SMARTS) is 1. The molecule has 0 heterocycles. The molecule has 1 aliphatic carbocycles. The van der Waals surface area contributed by atoms with Gasteiger partial charge in [0.05, 0.1) is 5.41 Å². The maximum Gasteiger partial charge on any atom is 0.309 e. The topological polar surface area (TPSA) is 40.5 Å². The van der Waals surface area contributed by atoms with Gasteiger partial charge in [-0.1, -0.05) is 0 Å². The molecule has 0 atom stereocenters. The van der Waals surface area contributed by atoms with E-state index in [1.54, 1.807) is 0 Å². The lowest BCUT2D eigenvalue weighted by Gasteiger charge is -2.32. The van der Waals surface area contributed by atoms with E-state index in [1.165, 1.54) is 0 Å². The van der Waals surface area contributed by atoms with E-state index in [4.69, 9.17) is 5.11 Å². The van der Waals surface area contributed by atoms with Gasteiger partial charge in [-0.05, 0) is 53.6 Å². The number of rotatable bonds is 4. The Balaban J connectivity index is 2.38. The van der Waals surface area contributed by atoms with Crippen LogP contribution in [0.3, 0.4) is 0 Å². The SMILES string of the molecule is CN(CCC1(C(=O)O)CC1)C(C)(C)C. The monoisotopic (exact) mass is 199 g/mol. The fourth-order valence-corrected chi connectivity index (χ4v) is 1.44. The molecular weight excluding hydrogens is 178 g/mol. The third kappa shape index (κ3) is 2.47. The summed E-state index contributed by atoms with van der Waals surface area (Å²) in [6.07, 6.45) is 2.51. The van der Waals surface area contributed by atoms with Crippen LogP contribution in [0.2, 0.25) is 0 Å². The van der Waals surface area contributed by atoms with E-state index in [0.29, 0.717) is 0 Å². The van der Waals surface area contributed by atoms with Gasteiger partial charge in [0.1, 0.15) is 0 Å². The molecule has 0 aromatic heterocycles. The van der Waals surface area contributed by atoms with Crippen molar-refractivity contribution in [1.82, 2.24) is 4.90 Å². The van der Waals surface area contributed by atoms with E-state index in [0.717, 1.165) is 25.8 Å². The van der Waals surface area contributed by atoms with Crippen molar-refractivity contribution < 1.29 is 9.90 Å². The largest absolute Gasteiger partial charge is 0.481 e. The highest BCUT2D eigenvalue weighted by Gasteiger charge is 2.49. The van der Waals surface area contributed by atoms with Crippen LogP contribution in [0, 0.1) is 5.41 Å². The van der Waals surface area contributed by atoms with Crippen LogP contribution in [0.4, 0.5) is 0 Å². The van der Waals surface area contributed by atoms with Gasteiger partial charge >= 0.3 is 5.97 Å². The second-order valence-corrected chi connectivity index (χ2v) is 5.43. The summed E-state index contributed by atoms with van der Waals surface area (Å²) in [5.74, 6) is -0.611. The Bertz CT molecular complexity index is 226. The molecule has 0 bridgehead atoms. The second-order valence-electron chi connectivity index (χ2n) is 5.43. The Morgan fingerprint density at radius 2 is 1.93 bits per heavy atom. The van der Waals surface area contributed by atoms with Gasteiger partial charge in [0.15, 0.2) is 0 Å². The van der Waals surface area contributed by atoms with Gasteiger partial charge in [0, 0.05) is 5.54 Å². The van der Waals surface area contributed by atoms with E-state index in [9.17, 15) is 4.79 Å². The average molecular weight is 199 g/mol. The molecule has 1 aliphatic rings. The Kier molecular flexibility index (Phi) is 2.91. The summed E-state index contributed by atoms with van der Waals surface area (Å²) in [5, 5.41) is 9.00. The Labute approximate surface area is 86.1 Å². The van der Waals surface area contributed by atoms with Crippen molar-refractivity contribution in [3.05, 3.63) is 0 Å². The van der Waals surface area contributed by atoms with Crippen molar-refractivity contribution in [3.8, 4) is 0 Å². The number of hydrogen-bond acceptors (Lipinski definition) is 2. The molecule has 3 nitrogen and oxygen atoms in total. The highest BCUT2D eigenvalue weighted by molar-refractivity contribution is 5.77. The summed E-state index contributed by atoms with van der Waals surface area (Å²) < 4.78 is 0. The lowest BCUT2D eigenvalue weighted by atomic mass is 10.0. The predicted octanol–water partition coefficient (Wildman–Crippen LogP) is 1.97. The Morgan fingerprint density at radius 1 is 1.43 bits per heavy atom. The number of carbonyl (C=O) groups is 1. The van der Waals surface area contributed by atoms with E-state index in [-0.39, 0.29) is 11.0 Å². The van der Waals surface area contributed by atoms with Crippen LogP contribution in [-0.4, -0.2) is 35.1 Å². The molecule has 0 radical (unpaired) electrons. The van der Waals surface area contributed by atoms with E-state index in [1.807, 2.05) is 0 Å². The minimum atomic E-state index is -0.611. The van der Waals surface area contributed by atoms with Crippen molar-refractivity contribution >= 4 is 5.97 Å². The van der Waals surface area contributed by atoms with Crippen molar-refractivity contribution in [3.63, 3.8) is 0 Å². The third-order valence-electron chi connectivity index (χ3n) is 3.38. The number of nitrogens with zero attached hydrogens (tertiary/aromatic N) is 1. The van der Waals surface area contributed by atoms with Crippen molar-refractivity contribution in [1.29, 1.82) is 0 Å². The van der Waals surface area contributed by atoms with Crippen LogP contribution in [0.15, 0.2) is 0 Å². The van der Waals surface area contributed by atoms with Crippen LogP contribution in [0.25, 0.3) is 0 Å². The fraction of sp³-hybridized carbons (Fsp3) is 0.909. The number of carboxylic acids is 1. The molecule has 0 aromatic rings. The highest BCUT2D eigenvalue weighted by atomic mass is 16.4. The normalized spacial score (nSPS) is 19.8. The molecule has 0 spiro atoms. The fourth-order valence-electron chi connectivity index (χ4n) is 1.44. The molecule has 0 saturated heterocycles. The quantitative estimate of drug-likeness (QED) is 0.752. The first-order valence-electron chi connectivity index (χ1n) is 5.23. The van der Waals surface area contributed by atoms with Gasteiger partial charge in [0.25, 0.3) is 0 Å². The summed E-state index contributed by atoms with van der Waals surface area (Å²) in [7, 11) is 2.05. The van der Waals surface area contributed by atoms with Gasteiger partial charge in [-0.25, -0.2) is 0 Å². The summed E-state index contributed by atoms with van der Waals surface area (Å²) in [5.41, 5.74) is -0.242. The summed E-state index contributed by atoms with van der Waals surface area (Å²) >= 11 is 0. The summed E-state index contributed by atoms with van der Waals surface area (Å²) in [4.78, 5) is 13.1. The van der Waals surface area contributed by atoms with Gasteiger partial charge in [-0.3, -0.25) is 4.79 Å². The Hall–Kier alpha value is -0.570. The first-order valence-corrected chi connectivity index (χ1v) is 5.23. The zero-order chi connectivity index (χ0) is 11.0. The van der Waals surface area contributed by atoms with E-state index in [2.05, 4.69) is 32.7 Å². The predicted molar refractivity (Wildman–Crippen MR) is 56.3 cm³/mol. The zero-order valence-electron chi connectivity index (χ0n) is 9.63. The molecule has 1 N–H and O–H groups in total. The van der Waals surface area contributed by atoms with E-state index < -0.39 is 5.97 Å². The Morgan fingerprint density at radius 3 is 2.21 bits per heavy atom. The molecule has 14 heavy (non-hydrogen) atoms. The van der Waals surface area contributed by atoms with Gasteiger partial charge < -0.3 is 10.0 Å². The van der Waals surface area contributed by atoms with Crippen LogP contribution >= 0.6 is 0 Å². The van der Waals surface area contributed by atoms with Crippen LogP contribution in [-0.2, 0) is 4.79 Å². The number of hydrogen-bond donors (Lipinski definition) is 1. The molecular formula is C11H21NO2. The van der Waals surface area contributed by atoms with Gasteiger partial charge in [-0.2, -0.15) is 0 Å². The van der Waals surface area contributed by atoms with Crippen molar-refractivity contribution in [2.45, 2.75) is 45.6 Å². The maximum absolute atomic E-state index is 10.9. The van der Waals surface area contributed by atoms with E-state index >= 15 is 0 Å². The molecule has 0 aromatic carbocycles. The summed E-state index contributed by atoms with van der Waals surface area (Å²) in [6, 6.07) is 0. The minimum absolute atomic E-state index is 0.134. The summed E-state index contributed by atoms with van der Waals surface area (Å²) in [6.45, 7) is 7.31. The highest BCUT2D eigenvalue weighted by Crippen LogP contribution is 2.49. The molecule has 1 saturated carbocycles. The molecule has 3 heteroatoms. The smallest absolute Gasteiger partial charge is 0.309 e. The first kappa shape index (κ1) is 11.5. The molecule has 1 fully saturated rings.